The van der Waals surface area contributed by atoms with Crippen molar-refractivity contribution in [3.63, 3.8) is 0 Å². The Morgan fingerprint density at radius 2 is 1.87 bits per heavy atom. The SMILES string of the molecule is CO[Si](CCCOCC(CN1CCCCC1C)N(CC1(C)CC(N=C=O)CC(C)(C)C1)C(=O)O)(OC)OC. The van der Waals surface area contributed by atoms with Crippen molar-refractivity contribution in [2.45, 2.75) is 96.8 Å². The highest BCUT2D eigenvalue weighted by atomic mass is 28.4. The molecule has 1 saturated heterocycles. The van der Waals surface area contributed by atoms with Crippen LogP contribution in [0.2, 0.25) is 6.04 Å². The Bertz CT molecular complexity index is 782. The van der Waals surface area contributed by atoms with Gasteiger partial charge in [-0.05, 0) is 62.8 Å². The Morgan fingerprint density at radius 1 is 1.18 bits per heavy atom. The number of amides is 1. The van der Waals surface area contributed by atoms with Gasteiger partial charge in [0.1, 0.15) is 0 Å². The first kappa shape index (κ1) is 32.9. The summed E-state index contributed by atoms with van der Waals surface area (Å²) < 4.78 is 22.6. The van der Waals surface area contributed by atoms with Crippen LogP contribution in [0.1, 0.15) is 72.6 Å². The van der Waals surface area contributed by atoms with Crippen LogP contribution < -0.4 is 0 Å². The maximum atomic E-state index is 12.7. The molecule has 2 aliphatic rings. The molecule has 0 aromatic carbocycles. The zero-order valence-corrected chi connectivity index (χ0v) is 25.7. The number of carbonyl (C=O) groups is 1. The molecule has 0 spiro atoms. The zero-order chi connectivity index (χ0) is 28.4. The third kappa shape index (κ3) is 9.69. The topological polar surface area (TPSA) is 110 Å². The molecule has 1 aliphatic carbocycles. The number of aliphatic imine (C=N–C) groups is 1. The number of isocyanates is 1. The Balaban J connectivity index is 2.17. The zero-order valence-electron chi connectivity index (χ0n) is 24.7. The third-order valence-corrected chi connectivity index (χ3v) is 11.1. The summed E-state index contributed by atoms with van der Waals surface area (Å²) in [6, 6.07) is 0.588. The van der Waals surface area contributed by atoms with Crippen LogP contribution in [-0.4, -0.2) is 108 Å². The summed E-state index contributed by atoms with van der Waals surface area (Å²) in [6.45, 7) is 11.4. The van der Waals surface area contributed by atoms with Crippen LogP contribution in [-0.2, 0) is 22.8 Å². The molecule has 0 aromatic heterocycles. The number of hydrogen-bond acceptors (Lipinski definition) is 8. The number of nitrogens with zero attached hydrogens (tertiary/aromatic N) is 3. The fraction of sp³-hybridized carbons (Fsp3) is 0.926. The predicted octanol–water partition coefficient (Wildman–Crippen LogP) is 4.42. The quantitative estimate of drug-likeness (QED) is 0.136. The second-order valence-corrected chi connectivity index (χ2v) is 15.4. The van der Waals surface area contributed by atoms with Gasteiger partial charge in [0.15, 0.2) is 0 Å². The summed E-state index contributed by atoms with van der Waals surface area (Å²) in [5, 5.41) is 10.4. The van der Waals surface area contributed by atoms with Gasteiger partial charge in [0, 0.05) is 53.1 Å². The Labute approximate surface area is 230 Å². The molecule has 2 rings (SSSR count). The minimum absolute atomic E-state index is 0.0456. The lowest BCUT2D eigenvalue weighted by Crippen LogP contribution is -2.55. The van der Waals surface area contributed by atoms with Crippen molar-refractivity contribution in [3.8, 4) is 0 Å². The normalized spacial score (nSPS) is 26.9. The molecule has 4 unspecified atom stereocenters. The van der Waals surface area contributed by atoms with E-state index in [-0.39, 0.29) is 22.9 Å². The van der Waals surface area contributed by atoms with E-state index in [0.29, 0.717) is 51.2 Å². The number of carboxylic acid groups (broad SMARTS) is 1. The van der Waals surface area contributed by atoms with E-state index in [1.165, 1.54) is 6.42 Å². The Kier molecular flexibility index (Phi) is 12.9. The van der Waals surface area contributed by atoms with Crippen molar-refractivity contribution >= 4 is 21.0 Å². The van der Waals surface area contributed by atoms with Gasteiger partial charge in [0.25, 0.3) is 0 Å². The summed E-state index contributed by atoms with van der Waals surface area (Å²) >= 11 is 0. The first-order valence-electron chi connectivity index (χ1n) is 14.0. The molecule has 1 amide bonds. The molecule has 1 heterocycles. The molecule has 1 aliphatic heterocycles. The van der Waals surface area contributed by atoms with Crippen molar-refractivity contribution in [2.75, 3.05) is 54.2 Å². The van der Waals surface area contributed by atoms with E-state index in [9.17, 15) is 14.7 Å². The predicted molar refractivity (Wildman–Crippen MR) is 148 cm³/mol. The molecule has 0 bridgehead atoms. The van der Waals surface area contributed by atoms with Gasteiger partial charge in [-0.3, -0.25) is 4.90 Å². The minimum atomic E-state index is -2.67. The highest BCUT2D eigenvalue weighted by Crippen LogP contribution is 2.47. The lowest BCUT2D eigenvalue weighted by molar-refractivity contribution is -0.00551. The number of hydrogen-bond donors (Lipinski definition) is 1. The second kappa shape index (κ2) is 14.9. The molecule has 11 heteroatoms. The van der Waals surface area contributed by atoms with Crippen LogP contribution in [0.5, 0.6) is 0 Å². The molecule has 0 aromatic rings. The average Bonchev–Trinajstić information content (AvgIpc) is 2.84. The summed E-state index contributed by atoms with van der Waals surface area (Å²) in [6.07, 6.45) is 7.27. The molecule has 1 N–H and O–H groups in total. The van der Waals surface area contributed by atoms with Crippen LogP contribution >= 0.6 is 0 Å². The summed E-state index contributed by atoms with van der Waals surface area (Å²) in [5.41, 5.74) is -0.354. The van der Waals surface area contributed by atoms with E-state index in [2.05, 4.69) is 37.6 Å². The van der Waals surface area contributed by atoms with E-state index in [1.54, 1.807) is 32.3 Å². The first-order valence-corrected chi connectivity index (χ1v) is 15.9. The molecular formula is C27H51N3O7Si. The van der Waals surface area contributed by atoms with Gasteiger partial charge < -0.3 is 28.0 Å². The van der Waals surface area contributed by atoms with Gasteiger partial charge in [-0.1, -0.05) is 27.2 Å². The minimum Gasteiger partial charge on any atom is -0.465 e. The fourth-order valence-electron chi connectivity index (χ4n) is 6.74. The van der Waals surface area contributed by atoms with Crippen molar-refractivity contribution < 1.29 is 32.7 Å². The fourth-order valence-corrected chi connectivity index (χ4v) is 8.43. The van der Waals surface area contributed by atoms with E-state index >= 15 is 0 Å². The molecule has 0 radical (unpaired) electrons. The van der Waals surface area contributed by atoms with Gasteiger partial charge in [0.05, 0.1) is 18.7 Å². The van der Waals surface area contributed by atoms with Gasteiger partial charge >= 0.3 is 14.9 Å². The number of carbonyl (C=O) groups excluding carboxylic acids is 1. The van der Waals surface area contributed by atoms with E-state index in [0.717, 1.165) is 32.2 Å². The molecule has 4 atom stereocenters. The highest BCUT2D eigenvalue weighted by molar-refractivity contribution is 6.60. The van der Waals surface area contributed by atoms with Gasteiger partial charge in [-0.15, -0.1) is 0 Å². The molecular weight excluding hydrogens is 506 g/mol. The lowest BCUT2D eigenvalue weighted by Gasteiger charge is -2.48. The van der Waals surface area contributed by atoms with Crippen molar-refractivity contribution in [1.82, 2.24) is 9.80 Å². The van der Waals surface area contributed by atoms with Gasteiger partial charge in [0.2, 0.25) is 6.08 Å². The van der Waals surface area contributed by atoms with Crippen LogP contribution in [0.25, 0.3) is 0 Å². The van der Waals surface area contributed by atoms with E-state index in [4.69, 9.17) is 18.0 Å². The smallest absolute Gasteiger partial charge is 0.465 e. The Hall–Kier alpha value is -1.33. The monoisotopic (exact) mass is 557 g/mol. The lowest BCUT2D eigenvalue weighted by atomic mass is 9.62. The van der Waals surface area contributed by atoms with Crippen LogP contribution in [0.15, 0.2) is 4.99 Å². The van der Waals surface area contributed by atoms with Crippen molar-refractivity contribution in [2.24, 2.45) is 15.8 Å². The van der Waals surface area contributed by atoms with Crippen LogP contribution in [0, 0.1) is 10.8 Å². The largest absolute Gasteiger partial charge is 0.500 e. The van der Waals surface area contributed by atoms with Crippen LogP contribution in [0.3, 0.4) is 0 Å². The summed E-state index contributed by atoms with van der Waals surface area (Å²) in [7, 11) is 2.11. The maximum absolute atomic E-state index is 12.7. The summed E-state index contributed by atoms with van der Waals surface area (Å²) in [4.78, 5) is 31.8. The first-order chi connectivity index (χ1) is 17.9. The van der Waals surface area contributed by atoms with Crippen LogP contribution in [0.4, 0.5) is 4.79 Å². The number of ether oxygens (including phenoxy) is 1. The van der Waals surface area contributed by atoms with E-state index < -0.39 is 14.9 Å². The Morgan fingerprint density at radius 3 is 2.45 bits per heavy atom. The molecule has 220 valence electrons. The van der Waals surface area contributed by atoms with Gasteiger partial charge in [-0.2, -0.15) is 0 Å². The maximum Gasteiger partial charge on any atom is 0.500 e. The molecule has 38 heavy (non-hydrogen) atoms. The second-order valence-electron chi connectivity index (χ2n) is 12.3. The van der Waals surface area contributed by atoms with E-state index in [1.807, 2.05) is 0 Å². The molecule has 2 fully saturated rings. The number of piperidine rings is 1. The van der Waals surface area contributed by atoms with Crippen molar-refractivity contribution in [3.05, 3.63) is 0 Å². The summed E-state index contributed by atoms with van der Waals surface area (Å²) in [5.74, 6) is 0. The standard InChI is InChI=1S/C27H51N3O7Si/c1-22-11-8-9-12-29(22)17-24(18-37-13-10-14-38(34-5,35-6)36-7)30(25(32)33)20-27(4)16-23(28-21-31)15-26(2,3)19-27/h22-24H,8-20H2,1-7H3,(H,32,33). The highest BCUT2D eigenvalue weighted by Gasteiger charge is 2.44. The molecule has 1 saturated carbocycles. The van der Waals surface area contributed by atoms with Crippen molar-refractivity contribution in [1.29, 1.82) is 0 Å². The number of likely N-dealkylation sites (tertiary alicyclic amines) is 1. The third-order valence-electron chi connectivity index (χ3n) is 8.30. The van der Waals surface area contributed by atoms with Gasteiger partial charge in [-0.25, -0.2) is 14.6 Å². The molecule has 10 nitrogen and oxygen atoms in total. The number of rotatable bonds is 15. The average molecular weight is 558 g/mol.